The first-order chi connectivity index (χ1) is 17.1. The van der Waals surface area contributed by atoms with Gasteiger partial charge in [-0.1, -0.05) is 38.0 Å². The normalized spacial score (nSPS) is 12.8. The van der Waals surface area contributed by atoms with Crippen molar-refractivity contribution in [2.75, 3.05) is 31.4 Å². The molecule has 0 radical (unpaired) electrons. The van der Waals surface area contributed by atoms with Gasteiger partial charge >= 0.3 is 0 Å². The summed E-state index contributed by atoms with van der Waals surface area (Å²) in [6, 6.07) is 11.6. The van der Waals surface area contributed by atoms with Crippen molar-refractivity contribution in [2.24, 2.45) is 0 Å². The van der Waals surface area contributed by atoms with Crippen LogP contribution < -0.4 is 20.1 Å². The SMILES string of the molecule is CCCCCNc1ccc2cc(-c3cc(OC)cc(OC)c3)c(NC(=O)C3=CC=CCC3)nc2n1. The number of aromatic nitrogens is 2. The van der Waals surface area contributed by atoms with E-state index >= 15 is 0 Å². The molecule has 0 atom stereocenters. The van der Waals surface area contributed by atoms with Crippen LogP contribution in [0.15, 0.2) is 60.2 Å². The third-order valence-corrected chi connectivity index (χ3v) is 5.96. The number of ether oxygens (including phenoxy) is 2. The Bertz CT molecular complexity index is 1240. The zero-order valence-electron chi connectivity index (χ0n) is 20.6. The molecule has 35 heavy (non-hydrogen) atoms. The van der Waals surface area contributed by atoms with Gasteiger partial charge in [0.25, 0.3) is 5.91 Å². The number of hydrogen-bond donors (Lipinski definition) is 2. The molecule has 7 heteroatoms. The van der Waals surface area contributed by atoms with Crippen molar-refractivity contribution in [1.82, 2.24) is 9.97 Å². The number of hydrogen-bond acceptors (Lipinski definition) is 6. The number of rotatable bonds is 10. The highest BCUT2D eigenvalue weighted by Gasteiger charge is 2.17. The molecule has 1 aromatic carbocycles. The Balaban J connectivity index is 1.76. The maximum absolute atomic E-state index is 13.1. The maximum atomic E-state index is 13.1. The molecule has 2 N–H and O–H groups in total. The van der Waals surface area contributed by atoms with Gasteiger partial charge in [-0.3, -0.25) is 4.79 Å². The van der Waals surface area contributed by atoms with Crippen LogP contribution in [0.3, 0.4) is 0 Å². The Kier molecular flexibility index (Phi) is 7.98. The molecule has 182 valence electrons. The van der Waals surface area contributed by atoms with Gasteiger partial charge in [0.2, 0.25) is 0 Å². The minimum Gasteiger partial charge on any atom is -0.497 e. The van der Waals surface area contributed by atoms with Crippen LogP contribution in [-0.2, 0) is 4.79 Å². The van der Waals surface area contributed by atoms with Crippen molar-refractivity contribution in [3.63, 3.8) is 0 Å². The van der Waals surface area contributed by atoms with Crippen molar-refractivity contribution in [3.8, 4) is 22.6 Å². The van der Waals surface area contributed by atoms with Crippen molar-refractivity contribution < 1.29 is 14.3 Å². The van der Waals surface area contributed by atoms with Crippen LogP contribution in [0.2, 0.25) is 0 Å². The van der Waals surface area contributed by atoms with Crippen LogP contribution in [0, 0.1) is 0 Å². The lowest BCUT2D eigenvalue weighted by Gasteiger charge is -2.16. The predicted octanol–water partition coefficient (Wildman–Crippen LogP) is 6.13. The van der Waals surface area contributed by atoms with E-state index in [0.29, 0.717) is 29.4 Å². The summed E-state index contributed by atoms with van der Waals surface area (Å²) in [6.45, 7) is 3.04. The molecule has 0 unspecified atom stereocenters. The molecule has 1 amide bonds. The quantitative estimate of drug-likeness (QED) is 0.345. The topological polar surface area (TPSA) is 85.4 Å². The minimum atomic E-state index is -0.161. The van der Waals surface area contributed by atoms with Gasteiger partial charge < -0.3 is 20.1 Å². The van der Waals surface area contributed by atoms with Gasteiger partial charge in [0.15, 0.2) is 5.65 Å². The number of unbranched alkanes of at least 4 members (excludes halogenated alkanes) is 2. The number of fused-ring (bicyclic) bond motifs is 1. The van der Waals surface area contributed by atoms with Gasteiger partial charge in [-0.2, -0.15) is 0 Å². The number of carbonyl (C=O) groups excluding carboxylic acids is 1. The summed E-state index contributed by atoms with van der Waals surface area (Å²) in [4.78, 5) is 22.6. The van der Waals surface area contributed by atoms with E-state index in [1.54, 1.807) is 14.2 Å². The molecule has 2 aromatic heterocycles. The van der Waals surface area contributed by atoms with Gasteiger partial charge in [0.1, 0.15) is 23.1 Å². The second-order valence-electron chi connectivity index (χ2n) is 8.48. The van der Waals surface area contributed by atoms with E-state index in [0.717, 1.165) is 47.3 Å². The van der Waals surface area contributed by atoms with Gasteiger partial charge in [-0.05, 0) is 55.2 Å². The van der Waals surface area contributed by atoms with E-state index in [4.69, 9.17) is 19.4 Å². The fraction of sp³-hybridized carbons (Fsp3) is 0.321. The van der Waals surface area contributed by atoms with Crippen molar-refractivity contribution in [3.05, 3.63) is 60.2 Å². The van der Waals surface area contributed by atoms with E-state index in [9.17, 15) is 4.79 Å². The highest BCUT2D eigenvalue weighted by atomic mass is 16.5. The largest absolute Gasteiger partial charge is 0.497 e. The van der Waals surface area contributed by atoms with Crippen LogP contribution in [0.25, 0.3) is 22.2 Å². The van der Waals surface area contributed by atoms with Gasteiger partial charge in [-0.15, -0.1) is 0 Å². The number of amides is 1. The number of pyridine rings is 2. The van der Waals surface area contributed by atoms with Crippen molar-refractivity contribution in [2.45, 2.75) is 39.0 Å². The maximum Gasteiger partial charge on any atom is 0.252 e. The first-order valence-electron chi connectivity index (χ1n) is 12.1. The summed E-state index contributed by atoms with van der Waals surface area (Å²) in [5.41, 5.74) is 2.88. The van der Waals surface area contributed by atoms with Gasteiger partial charge in [-0.25, -0.2) is 9.97 Å². The summed E-state index contributed by atoms with van der Waals surface area (Å²) < 4.78 is 10.9. The van der Waals surface area contributed by atoms with Crippen LogP contribution in [0.5, 0.6) is 11.5 Å². The highest BCUT2D eigenvalue weighted by molar-refractivity contribution is 6.06. The zero-order chi connectivity index (χ0) is 24.6. The first-order valence-corrected chi connectivity index (χ1v) is 12.1. The molecule has 0 saturated heterocycles. The number of anilines is 2. The fourth-order valence-corrected chi connectivity index (χ4v) is 4.00. The van der Waals surface area contributed by atoms with Gasteiger partial charge in [0, 0.05) is 29.1 Å². The van der Waals surface area contributed by atoms with Crippen molar-refractivity contribution >= 4 is 28.6 Å². The molecule has 0 bridgehead atoms. The van der Waals surface area contributed by atoms with Crippen molar-refractivity contribution in [1.29, 1.82) is 0 Å². The van der Waals surface area contributed by atoms with Crippen LogP contribution in [0.1, 0.15) is 39.0 Å². The Labute approximate surface area is 206 Å². The first kappa shape index (κ1) is 24.3. The summed E-state index contributed by atoms with van der Waals surface area (Å²) in [6.07, 6.45) is 10.8. The average molecular weight is 473 g/mol. The molecule has 0 fully saturated rings. The molecule has 3 aromatic rings. The summed E-state index contributed by atoms with van der Waals surface area (Å²) >= 11 is 0. The Morgan fingerprint density at radius 2 is 1.83 bits per heavy atom. The third kappa shape index (κ3) is 5.98. The van der Waals surface area contributed by atoms with E-state index < -0.39 is 0 Å². The lowest BCUT2D eigenvalue weighted by molar-refractivity contribution is -0.113. The number of benzene rings is 1. The molecular weight excluding hydrogens is 440 g/mol. The minimum absolute atomic E-state index is 0.161. The molecular formula is C28H32N4O3. The number of nitrogens with one attached hydrogen (secondary N) is 2. The molecule has 1 aliphatic carbocycles. The summed E-state index contributed by atoms with van der Waals surface area (Å²) in [7, 11) is 3.23. The highest BCUT2D eigenvalue weighted by Crippen LogP contribution is 2.35. The second-order valence-corrected chi connectivity index (χ2v) is 8.48. The monoisotopic (exact) mass is 472 g/mol. The average Bonchev–Trinajstić information content (AvgIpc) is 2.90. The number of carbonyl (C=O) groups is 1. The predicted molar refractivity (Wildman–Crippen MR) is 141 cm³/mol. The fourth-order valence-electron chi connectivity index (χ4n) is 4.00. The smallest absolute Gasteiger partial charge is 0.252 e. The molecule has 0 saturated carbocycles. The Hall–Kier alpha value is -3.87. The summed E-state index contributed by atoms with van der Waals surface area (Å²) in [5.74, 6) is 2.37. The number of allylic oxidation sites excluding steroid dienone is 3. The Morgan fingerprint density at radius 1 is 1.03 bits per heavy atom. The van der Waals surface area contributed by atoms with E-state index in [1.807, 2.05) is 48.6 Å². The lowest BCUT2D eigenvalue weighted by Crippen LogP contribution is -2.17. The third-order valence-electron chi connectivity index (χ3n) is 5.96. The second kappa shape index (κ2) is 11.5. The number of nitrogens with zero attached hydrogens (tertiary/aromatic N) is 2. The standard InChI is InChI=1S/C28H32N4O3/c1-4-5-9-14-29-25-13-12-20-17-24(21-15-22(34-2)18-23(16-21)35-3)27(31-26(20)30-25)32-28(33)19-10-7-6-8-11-19/h6-7,10,12-13,15-18H,4-5,8-9,11,14H2,1-3H3,(H2,29,30,31,32,33). The summed E-state index contributed by atoms with van der Waals surface area (Å²) in [5, 5.41) is 7.28. The van der Waals surface area contributed by atoms with Gasteiger partial charge in [0.05, 0.1) is 14.2 Å². The zero-order valence-corrected chi connectivity index (χ0v) is 20.6. The van der Waals surface area contributed by atoms with E-state index in [-0.39, 0.29) is 5.91 Å². The molecule has 1 aliphatic rings. The molecule has 4 rings (SSSR count). The lowest BCUT2D eigenvalue weighted by atomic mass is 10.0. The van der Waals surface area contributed by atoms with Crippen LogP contribution >= 0.6 is 0 Å². The Morgan fingerprint density at radius 3 is 2.51 bits per heavy atom. The van der Waals surface area contributed by atoms with E-state index in [2.05, 4.69) is 23.6 Å². The van der Waals surface area contributed by atoms with Crippen LogP contribution in [0.4, 0.5) is 11.6 Å². The molecule has 7 nitrogen and oxygen atoms in total. The molecule has 2 heterocycles. The molecule has 0 aliphatic heterocycles. The van der Waals surface area contributed by atoms with E-state index in [1.165, 1.54) is 12.8 Å². The van der Waals surface area contributed by atoms with Crippen LogP contribution in [-0.4, -0.2) is 36.6 Å². The number of methoxy groups -OCH3 is 2. The molecule has 0 spiro atoms.